The fourth-order valence-electron chi connectivity index (χ4n) is 5.35. The molecular weight excluding hydrogens is 378 g/mol. The molecule has 6 nitrogen and oxygen atoms in total. The van der Waals surface area contributed by atoms with E-state index in [-0.39, 0.29) is 30.1 Å². The Bertz CT molecular complexity index is 961. The van der Waals surface area contributed by atoms with Gasteiger partial charge in [-0.2, -0.15) is 0 Å². The Morgan fingerprint density at radius 3 is 2.80 bits per heavy atom. The maximum atomic E-state index is 13.4. The molecule has 3 unspecified atom stereocenters. The van der Waals surface area contributed by atoms with Crippen LogP contribution in [-0.2, 0) is 17.8 Å². The third-order valence-electron chi connectivity index (χ3n) is 6.75. The molecule has 1 N–H and O–H groups in total. The Balaban J connectivity index is 1.44. The monoisotopic (exact) mass is 405 g/mol. The number of hydrogen-bond donors (Lipinski definition) is 1. The number of nitrogens with one attached hydrogen (secondary N) is 1. The number of methoxy groups -OCH3 is 1. The highest BCUT2D eigenvalue weighted by Gasteiger charge is 2.52. The summed E-state index contributed by atoms with van der Waals surface area (Å²) < 4.78 is 5.40. The van der Waals surface area contributed by atoms with E-state index in [0.717, 1.165) is 42.6 Å². The molecule has 2 aromatic carbocycles. The fourth-order valence-corrected chi connectivity index (χ4v) is 5.35. The average molecular weight is 405 g/mol. The van der Waals surface area contributed by atoms with Crippen LogP contribution in [0, 0.1) is 0 Å². The van der Waals surface area contributed by atoms with E-state index in [1.54, 1.807) is 7.11 Å². The van der Waals surface area contributed by atoms with Crippen LogP contribution in [0.4, 0.5) is 4.79 Å². The van der Waals surface area contributed by atoms with Crippen molar-refractivity contribution in [3.8, 4) is 5.75 Å². The Morgan fingerprint density at radius 2 is 2.00 bits per heavy atom. The third kappa shape index (κ3) is 3.11. The van der Waals surface area contributed by atoms with Crippen LogP contribution in [0.25, 0.3) is 0 Å². The van der Waals surface area contributed by atoms with E-state index >= 15 is 0 Å². The molecule has 30 heavy (non-hydrogen) atoms. The maximum absolute atomic E-state index is 13.4. The summed E-state index contributed by atoms with van der Waals surface area (Å²) in [4.78, 5) is 30.5. The van der Waals surface area contributed by atoms with E-state index < -0.39 is 0 Å². The summed E-state index contributed by atoms with van der Waals surface area (Å²) in [6.07, 6.45) is 3.45. The first-order chi connectivity index (χ1) is 14.7. The van der Waals surface area contributed by atoms with Crippen LogP contribution in [0.5, 0.6) is 5.75 Å². The average Bonchev–Trinajstić information content (AvgIpc) is 2.80. The minimum atomic E-state index is -0.351. The second kappa shape index (κ2) is 7.67. The predicted octanol–water partition coefficient (Wildman–Crippen LogP) is 3.27. The van der Waals surface area contributed by atoms with E-state index in [1.165, 1.54) is 5.56 Å². The number of fused-ring (bicyclic) bond motifs is 6. The number of piperidine rings is 1. The number of rotatable bonds is 3. The molecule has 0 aliphatic carbocycles. The normalized spacial score (nSPS) is 24.7. The van der Waals surface area contributed by atoms with Gasteiger partial charge in [-0.3, -0.25) is 4.79 Å². The summed E-state index contributed by atoms with van der Waals surface area (Å²) in [7, 11) is 1.67. The van der Waals surface area contributed by atoms with Crippen molar-refractivity contribution >= 4 is 11.9 Å². The summed E-state index contributed by atoms with van der Waals surface area (Å²) in [6.45, 7) is 1.17. The first-order valence-corrected chi connectivity index (χ1v) is 10.7. The lowest BCUT2D eigenvalue weighted by Gasteiger charge is -2.55. The number of carbonyl (C=O) groups is 2. The first-order valence-electron chi connectivity index (χ1n) is 10.7. The molecule has 2 saturated heterocycles. The molecule has 156 valence electrons. The van der Waals surface area contributed by atoms with Gasteiger partial charge in [-0.15, -0.1) is 0 Å². The van der Waals surface area contributed by atoms with Gasteiger partial charge in [-0.05, 0) is 54.5 Å². The zero-order chi connectivity index (χ0) is 20.7. The summed E-state index contributed by atoms with van der Waals surface area (Å²) in [5.74, 6) is 0.926. The van der Waals surface area contributed by atoms with Crippen molar-refractivity contribution < 1.29 is 14.3 Å². The fraction of sp³-hybridized carbons (Fsp3) is 0.417. The molecule has 3 atom stereocenters. The van der Waals surface area contributed by atoms with Gasteiger partial charge in [0.25, 0.3) is 0 Å². The number of hydrogen-bond acceptors (Lipinski definition) is 3. The molecule has 3 aliphatic rings. The molecule has 3 heterocycles. The third-order valence-corrected chi connectivity index (χ3v) is 6.75. The molecule has 0 saturated carbocycles. The molecule has 0 aromatic heterocycles. The van der Waals surface area contributed by atoms with Gasteiger partial charge in [-0.25, -0.2) is 4.79 Å². The van der Waals surface area contributed by atoms with Crippen molar-refractivity contribution in [1.29, 1.82) is 0 Å². The molecule has 6 heteroatoms. The van der Waals surface area contributed by atoms with E-state index in [4.69, 9.17) is 4.74 Å². The lowest BCUT2D eigenvalue weighted by molar-refractivity contribution is -0.152. The summed E-state index contributed by atoms with van der Waals surface area (Å²) >= 11 is 0. The van der Waals surface area contributed by atoms with Crippen LogP contribution < -0.4 is 10.1 Å². The van der Waals surface area contributed by atoms with Crippen LogP contribution in [0.15, 0.2) is 48.5 Å². The highest BCUT2D eigenvalue weighted by molar-refractivity contribution is 5.90. The van der Waals surface area contributed by atoms with Crippen LogP contribution in [0.3, 0.4) is 0 Å². The van der Waals surface area contributed by atoms with Gasteiger partial charge in [0.1, 0.15) is 11.8 Å². The Kier molecular flexibility index (Phi) is 4.85. The molecule has 0 spiro atoms. The number of piperazine rings is 1. The number of urea groups is 1. The van der Waals surface area contributed by atoms with Crippen molar-refractivity contribution in [1.82, 2.24) is 15.1 Å². The lowest BCUT2D eigenvalue weighted by atomic mass is 9.78. The quantitative estimate of drug-likeness (QED) is 0.853. The van der Waals surface area contributed by atoms with Crippen LogP contribution in [-0.4, -0.2) is 47.5 Å². The van der Waals surface area contributed by atoms with E-state index in [0.29, 0.717) is 13.1 Å². The van der Waals surface area contributed by atoms with Crippen molar-refractivity contribution in [3.05, 3.63) is 65.2 Å². The van der Waals surface area contributed by atoms with Gasteiger partial charge in [-0.1, -0.05) is 36.4 Å². The SMILES string of the molecule is COc1ccc2c(c1)CCN1C(=O)C3CCCC(C21)N3C(=O)NCc1ccccc1. The number of nitrogens with zero attached hydrogens (tertiary/aromatic N) is 2. The Hall–Kier alpha value is -3.02. The van der Waals surface area contributed by atoms with Gasteiger partial charge in [0, 0.05) is 13.1 Å². The van der Waals surface area contributed by atoms with Gasteiger partial charge >= 0.3 is 6.03 Å². The van der Waals surface area contributed by atoms with E-state index in [1.807, 2.05) is 46.2 Å². The minimum Gasteiger partial charge on any atom is -0.497 e. The standard InChI is InChI=1S/C24H27N3O3/c1-30-18-10-11-19-17(14-18)12-13-26-22(19)20-8-5-9-21(23(26)28)27(20)24(29)25-15-16-6-3-2-4-7-16/h2-4,6-7,10-11,14,20-22H,5,8-9,12-13,15H2,1H3,(H,25,29). The number of amides is 3. The Labute approximate surface area is 176 Å². The second-order valence-corrected chi connectivity index (χ2v) is 8.36. The molecule has 3 amide bonds. The second-order valence-electron chi connectivity index (χ2n) is 8.36. The van der Waals surface area contributed by atoms with Crippen molar-refractivity contribution in [2.75, 3.05) is 13.7 Å². The molecule has 5 rings (SSSR count). The summed E-state index contributed by atoms with van der Waals surface area (Å²) in [6, 6.07) is 15.4. The topological polar surface area (TPSA) is 61.9 Å². The smallest absolute Gasteiger partial charge is 0.318 e. The van der Waals surface area contributed by atoms with Crippen LogP contribution in [0.1, 0.15) is 42.0 Å². The van der Waals surface area contributed by atoms with Crippen molar-refractivity contribution in [2.24, 2.45) is 0 Å². The number of benzene rings is 2. The van der Waals surface area contributed by atoms with Crippen LogP contribution in [0.2, 0.25) is 0 Å². The lowest BCUT2D eigenvalue weighted by Crippen LogP contribution is -2.68. The molecule has 2 aromatic rings. The zero-order valence-electron chi connectivity index (χ0n) is 17.2. The van der Waals surface area contributed by atoms with Gasteiger partial charge in [0.15, 0.2) is 0 Å². The first kappa shape index (κ1) is 19.0. The number of ether oxygens (including phenoxy) is 1. The molecule has 2 bridgehead atoms. The van der Waals surface area contributed by atoms with Gasteiger partial charge < -0.3 is 19.9 Å². The maximum Gasteiger partial charge on any atom is 0.318 e. The molecule has 2 fully saturated rings. The van der Waals surface area contributed by atoms with Gasteiger partial charge in [0.05, 0.1) is 19.2 Å². The van der Waals surface area contributed by atoms with Crippen molar-refractivity contribution in [3.63, 3.8) is 0 Å². The largest absolute Gasteiger partial charge is 0.497 e. The van der Waals surface area contributed by atoms with Crippen LogP contribution >= 0.6 is 0 Å². The molecule has 0 radical (unpaired) electrons. The number of carbonyl (C=O) groups excluding carboxylic acids is 2. The highest BCUT2D eigenvalue weighted by atomic mass is 16.5. The molecular formula is C24H27N3O3. The zero-order valence-corrected chi connectivity index (χ0v) is 17.2. The Morgan fingerprint density at radius 1 is 1.17 bits per heavy atom. The van der Waals surface area contributed by atoms with Crippen molar-refractivity contribution in [2.45, 2.75) is 50.4 Å². The predicted molar refractivity (Wildman–Crippen MR) is 113 cm³/mol. The van der Waals surface area contributed by atoms with E-state index in [2.05, 4.69) is 17.4 Å². The van der Waals surface area contributed by atoms with E-state index in [9.17, 15) is 9.59 Å². The summed E-state index contributed by atoms with van der Waals surface area (Å²) in [5, 5.41) is 3.05. The summed E-state index contributed by atoms with van der Waals surface area (Å²) in [5.41, 5.74) is 3.43. The minimum absolute atomic E-state index is 0.00432. The highest BCUT2D eigenvalue weighted by Crippen LogP contribution is 2.44. The molecule has 3 aliphatic heterocycles. The van der Waals surface area contributed by atoms with Gasteiger partial charge in [0.2, 0.25) is 5.91 Å².